The van der Waals surface area contributed by atoms with E-state index in [-0.39, 0.29) is 12.3 Å². The van der Waals surface area contributed by atoms with Gasteiger partial charge in [0.05, 0.1) is 6.61 Å². The van der Waals surface area contributed by atoms with Gasteiger partial charge in [-0.05, 0) is 18.6 Å². The summed E-state index contributed by atoms with van der Waals surface area (Å²) in [6, 6.07) is 1.35. The summed E-state index contributed by atoms with van der Waals surface area (Å²) in [5, 5.41) is 8.51. The van der Waals surface area contributed by atoms with Crippen LogP contribution in [0, 0.1) is 12.7 Å². The van der Waals surface area contributed by atoms with E-state index in [0.29, 0.717) is 0 Å². The molecular formula is C7H8FNO. The molecule has 0 aliphatic heterocycles. The number of halogens is 1. The van der Waals surface area contributed by atoms with Gasteiger partial charge in [0.15, 0.2) is 0 Å². The highest BCUT2D eigenvalue weighted by Crippen LogP contribution is 2.04. The predicted octanol–water partition coefficient (Wildman–Crippen LogP) is 1.02. The van der Waals surface area contributed by atoms with E-state index in [4.69, 9.17) is 5.11 Å². The Morgan fingerprint density at radius 2 is 2.40 bits per heavy atom. The number of aromatic nitrogens is 1. The number of rotatable bonds is 1. The molecule has 1 rings (SSSR count). The van der Waals surface area contributed by atoms with Crippen molar-refractivity contribution in [1.82, 2.24) is 4.98 Å². The summed E-state index contributed by atoms with van der Waals surface area (Å²) in [4.78, 5) is 3.67. The van der Waals surface area contributed by atoms with Gasteiger partial charge in [-0.15, -0.1) is 0 Å². The molecule has 2 nitrogen and oxygen atoms in total. The first-order valence-electron chi connectivity index (χ1n) is 2.96. The maximum atomic E-state index is 12.6. The van der Waals surface area contributed by atoms with Crippen molar-refractivity contribution in [3.05, 3.63) is 29.3 Å². The third-order valence-electron chi connectivity index (χ3n) is 1.20. The fourth-order valence-electron chi connectivity index (χ4n) is 0.678. The zero-order valence-electron chi connectivity index (χ0n) is 5.63. The lowest BCUT2D eigenvalue weighted by atomic mass is 10.3. The molecule has 10 heavy (non-hydrogen) atoms. The predicted molar refractivity (Wildman–Crippen MR) is 34.9 cm³/mol. The van der Waals surface area contributed by atoms with E-state index in [1.807, 2.05) is 0 Å². The van der Waals surface area contributed by atoms with Crippen LogP contribution in [-0.2, 0) is 6.61 Å². The van der Waals surface area contributed by atoms with Gasteiger partial charge in [0.25, 0.3) is 0 Å². The maximum Gasteiger partial charge on any atom is 0.147 e. The second-order valence-corrected chi connectivity index (χ2v) is 2.10. The summed E-state index contributed by atoms with van der Waals surface area (Å²) in [5.41, 5.74) is 0.861. The van der Waals surface area contributed by atoms with Crippen LogP contribution in [0.2, 0.25) is 0 Å². The quantitative estimate of drug-likeness (QED) is 0.633. The number of aliphatic hydroxyl groups excluding tert-OH is 1. The molecule has 0 atom stereocenters. The minimum atomic E-state index is -0.442. The summed E-state index contributed by atoms with van der Waals surface area (Å²) in [6.45, 7) is 1.41. The number of nitrogens with zero attached hydrogens (tertiary/aromatic N) is 1. The second kappa shape index (κ2) is 2.75. The number of aryl methyl sites for hydroxylation is 1. The van der Waals surface area contributed by atoms with Gasteiger partial charge in [-0.3, -0.25) is 4.98 Å². The Morgan fingerprint density at radius 3 is 2.90 bits per heavy atom. The molecule has 1 aromatic rings. The monoisotopic (exact) mass is 141 g/mol. The molecule has 0 unspecified atom stereocenters. The highest BCUT2D eigenvalue weighted by Gasteiger charge is 2.00. The van der Waals surface area contributed by atoms with Crippen LogP contribution in [0.1, 0.15) is 11.3 Å². The molecule has 0 aromatic carbocycles. The van der Waals surface area contributed by atoms with E-state index in [1.165, 1.54) is 12.3 Å². The molecule has 3 heteroatoms. The van der Waals surface area contributed by atoms with Gasteiger partial charge in [-0.2, -0.15) is 0 Å². The SMILES string of the molecule is Cc1cnc(CO)c(F)c1. The number of pyridine rings is 1. The minimum Gasteiger partial charge on any atom is -0.390 e. The smallest absolute Gasteiger partial charge is 0.147 e. The van der Waals surface area contributed by atoms with Crippen LogP contribution in [0.3, 0.4) is 0 Å². The van der Waals surface area contributed by atoms with Crippen molar-refractivity contribution < 1.29 is 9.50 Å². The zero-order chi connectivity index (χ0) is 7.56. The van der Waals surface area contributed by atoms with Gasteiger partial charge in [0.1, 0.15) is 11.5 Å². The molecule has 0 fully saturated rings. The average Bonchev–Trinajstić information content (AvgIpc) is 1.88. The second-order valence-electron chi connectivity index (χ2n) is 2.10. The lowest BCUT2D eigenvalue weighted by molar-refractivity contribution is 0.270. The lowest BCUT2D eigenvalue weighted by Gasteiger charge is -1.97. The molecule has 1 aromatic heterocycles. The van der Waals surface area contributed by atoms with Crippen molar-refractivity contribution >= 4 is 0 Å². The first-order valence-corrected chi connectivity index (χ1v) is 2.96. The Hall–Kier alpha value is -0.960. The van der Waals surface area contributed by atoms with E-state index in [2.05, 4.69) is 4.98 Å². The largest absolute Gasteiger partial charge is 0.390 e. The third-order valence-corrected chi connectivity index (χ3v) is 1.20. The molecule has 0 radical (unpaired) electrons. The topological polar surface area (TPSA) is 33.1 Å². The summed E-state index contributed by atoms with van der Waals surface area (Å²) in [5.74, 6) is -0.442. The van der Waals surface area contributed by atoms with Crippen LogP contribution in [0.4, 0.5) is 4.39 Å². The van der Waals surface area contributed by atoms with Crippen molar-refractivity contribution in [3.63, 3.8) is 0 Å². The highest BCUT2D eigenvalue weighted by molar-refractivity contribution is 5.13. The highest BCUT2D eigenvalue weighted by atomic mass is 19.1. The Bertz CT molecular complexity index is 237. The van der Waals surface area contributed by atoms with Gasteiger partial charge in [0, 0.05) is 6.20 Å². The fraction of sp³-hybridized carbons (Fsp3) is 0.286. The normalized spacial score (nSPS) is 9.90. The minimum absolute atomic E-state index is 0.102. The van der Waals surface area contributed by atoms with E-state index < -0.39 is 5.82 Å². The zero-order valence-corrected chi connectivity index (χ0v) is 5.63. The van der Waals surface area contributed by atoms with E-state index in [9.17, 15) is 4.39 Å². The molecule has 0 saturated heterocycles. The van der Waals surface area contributed by atoms with Crippen molar-refractivity contribution in [2.45, 2.75) is 13.5 Å². The van der Waals surface area contributed by atoms with Crippen LogP contribution < -0.4 is 0 Å². The van der Waals surface area contributed by atoms with Crippen molar-refractivity contribution in [2.75, 3.05) is 0 Å². The molecule has 0 aliphatic carbocycles. The Kier molecular flexibility index (Phi) is 1.97. The van der Waals surface area contributed by atoms with Gasteiger partial charge >= 0.3 is 0 Å². The Labute approximate surface area is 58.3 Å². The molecule has 0 bridgehead atoms. The Balaban J connectivity index is 3.07. The molecule has 1 N–H and O–H groups in total. The molecule has 54 valence electrons. The maximum absolute atomic E-state index is 12.6. The van der Waals surface area contributed by atoms with E-state index >= 15 is 0 Å². The standard InChI is InChI=1S/C7H8FNO/c1-5-2-6(8)7(4-10)9-3-5/h2-3,10H,4H2,1H3. The number of aliphatic hydroxyl groups is 1. The van der Waals surface area contributed by atoms with E-state index in [0.717, 1.165) is 5.56 Å². The van der Waals surface area contributed by atoms with Crippen LogP contribution in [0.15, 0.2) is 12.3 Å². The average molecular weight is 141 g/mol. The number of hydrogen-bond donors (Lipinski definition) is 1. The molecule has 0 saturated carbocycles. The van der Waals surface area contributed by atoms with Crippen molar-refractivity contribution in [2.24, 2.45) is 0 Å². The van der Waals surface area contributed by atoms with Crippen molar-refractivity contribution in [1.29, 1.82) is 0 Å². The van der Waals surface area contributed by atoms with Gasteiger partial charge in [-0.25, -0.2) is 4.39 Å². The summed E-state index contributed by atoms with van der Waals surface area (Å²) < 4.78 is 12.6. The fourth-order valence-corrected chi connectivity index (χ4v) is 0.678. The molecular weight excluding hydrogens is 133 g/mol. The van der Waals surface area contributed by atoms with E-state index in [1.54, 1.807) is 6.92 Å². The van der Waals surface area contributed by atoms with Crippen LogP contribution >= 0.6 is 0 Å². The Morgan fingerprint density at radius 1 is 1.70 bits per heavy atom. The summed E-state index contributed by atoms with van der Waals surface area (Å²) in [6.07, 6.45) is 1.52. The molecule has 0 aliphatic rings. The van der Waals surface area contributed by atoms with Gasteiger partial charge < -0.3 is 5.11 Å². The van der Waals surface area contributed by atoms with Gasteiger partial charge in [0.2, 0.25) is 0 Å². The summed E-state index contributed by atoms with van der Waals surface area (Å²) >= 11 is 0. The molecule has 1 heterocycles. The first kappa shape index (κ1) is 7.15. The van der Waals surface area contributed by atoms with Crippen molar-refractivity contribution in [3.8, 4) is 0 Å². The first-order chi connectivity index (χ1) is 4.74. The van der Waals surface area contributed by atoms with Crippen LogP contribution in [0.5, 0.6) is 0 Å². The lowest BCUT2D eigenvalue weighted by Crippen LogP contribution is -1.94. The molecule has 0 amide bonds. The molecule has 0 spiro atoms. The number of hydrogen-bond acceptors (Lipinski definition) is 2. The van der Waals surface area contributed by atoms with Crippen LogP contribution in [0.25, 0.3) is 0 Å². The third kappa shape index (κ3) is 1.30. The van der Waals surface area contributed by atoms with Gasteiger partial charge in [-0.1, -0.05) is 0 Å². The summed E-state index contributed by atoms with van der Waals surface area (Å²) in [7, 11) is 0. The van der Waals surface area contributed by atoms with Crippen LogP contribution in [-0.4, -0.2) is 10.1 Å².